The van der Waals surface area contributed by atoms with E-state index in [1.54, 1.807) is 13.2 Å². The zero-order chi connectivity index (χ0) is 16.7. The van der Waals surface area contributed by atoms with Gasteiger partial charge in [0.25, 0.3) is 0 Å². The minimum Gasteiger partial charge on any atom is -0.497 e. The zero-order valence-electron chi connectivity index (χ0n) is 13.5. The second-order valence-corrected chi connectivity index (χ2v) is 5.78. The molecule has 3 aromatic carbocycles. The maximum absolute atomic E-state index is 12.7. The molecule has 118 valence electrons. The Morgan fingerprint density at radius 1 is 0.917 bits per heavy atom. The predicted molar refractivity (Wildman–Crippen MR) is 96.7 cm³/mol. The third-order valence-electron chi connectivity index (χ3n) is 4.43. The molecule has 3 nitrogen and oxygen atoms in total. The lowest BCUT2D eigenvalue weighted by Crippen LogP contribution is -2.06. The Bertz CT molecular complexity index is 1120. The van der Waals surface area contributed by atoms with E-state index in [4.69, 9.17) is 9.15 Å². The van der Waals surface area contributed by atoms with Crippen LogP contribution in [0.3, 0.4) is 0 Å². The largest absolute Gasteiger partial charge is 0.497 e. The van der Waals surface area contributed by atoms with Crippen molar-refractivity contribution >= 4 is 21.7 Å². The Kier molecular flexibility index (Phi) is 3.35. The van der Waals surface area contributed by atoms with Crippen LogP contribution in [-0.2, 0) is 0 Å². The first-order valence-electron chi connectivity index (χ1n) is 7.78. The Hall–Kier alpha value is -3.07. The molecule has 1 heterocycles. The van der Waals surface area contributed by atoms with Gasteiger partial charge >= 0.3 is 5.63 Å². The quantitative estimate of drug-likeness (QED) is 0.492. The highest BCUT2D eigenvalue weighted by Gasteiger charge is 2.15. The van der Waals surface area contributed by atoms with Gasteiger partial charge in [-0.05, 0) is 41.0 Å². The normalized spacial score (nSPS) is 11.1. The molecule has 0 saturated carbocycles. The van der Waals surface area contributed by atoms with Crippen LogP contribution in [0.2, 0.25) is 0 Å². The molecule has 1 aromatic heterocycles. The first-order chi connectivity index (χ1) is 11.7. The summed E-state index contributed by atoms with van der Waals surface area (Å²) in [6, 6.07) is 19.6. The van der Waals surface area contributed by atoms with Crippen molar-refractivity contribution in [1.29, 1.82) is 0 Å². The van der Waals surface area contributed by atoms with Gasteiger partial charge in [0, 0.05) is 11.5 Å². The van der Waals surface area contributed by atoms with Crippen LogP contribution in [0.1, 0.15) is 5.56 Å². The summed E-state index contributed by atoms with van der Waals surface area (Å²) in [5.41, 5.74) is 2.65. The van der Waals surface area contributed by atoms with E-state index in [0.717, 1.165) is 27.3 Å². The number of methoxy groups -OCH3 is 1. The van der Waals surface area contributed by atoms with Gasteiger partial charge in [0.05, 0.1) is 12.7 Å². The van der Waals surface area contributed by atoms with E-state index in [1.807, 2.05) is 61.5 Å². The Morgan fingerprint density at radius 3 is 2.54 bits per heavy atom. The van der Waals surface area contributed by atoms with Crippen LogP contribution < -0.4 is 10.4 Å². The molecule has 0 aliphatic heterocycles. The monoisotopic (exact) mass is 316 g/mol. The van der Waals surface area contributed by atoms with Crippen molar-refractivity contribution in [3.8, 4) is 16.9 Å². The Labute approximate surface area is 139 Å². The molecule has 0 saturated heterocycles. The van der Waals surface area contributed by atoms with Gasteiger partial charge in [-0.3, -0.25) is 0 Å². The molecule has 0 unspecified atom stereocenters. The van der Waals surface area contributed by atoms with Gasteiger partial charge in [-0.15, -0.1) is 0 Å². The first kappa shape index (κ1) is 14.5. The van der Waals surface area contributed by atoms with Crippen molar-refractivity contribution in [2.24, 2.45) is 0 Å². The molecular formula is C21H16O3. The third-order valence-corrected chi connectivity index (χ3v) is 4.43. The molecule has 4 aromatic rings. The molecule has 0 aliphatic rings. The molecule has 0 fully saturated rings. The molecule has 0 bridgehead atoms. The lowest BCUT2D eigenvalue weighted by molar-refractivity contribution is 0.414. The summed E-state index contributed by atoms with van der Waals surface area (Å²) in [4.78, 5) is 12.7. The van der Waals surface area contributed by atoms with Crippen LogP contribution in [0.5, 0.6) is 5.75 Å². The van der Waals surface area contributed by atoms with Crippen LogP contribution in [0.25, 0.3) is 32.9 Å². The van der Waals surface area contributed by atoms with Gasteiger partial charge in [-0.1, -0.05) is 42.5 Å². The lowest BCUT2D eigenvalue weighted by Gasteiger charge is -2.11. The van der Waals surface area contributed by atoms with Gasteiger partial charge in [-0.25, -0.2) is 4.79 Å². The number of fused-ring (bicyclic) bond motifs is 2. The molecule has 0 spiro atoms. The Balaban J connectivity index is 2.08. The van der Waals surface area contributed by atoms with Crippen LogP contribution in [0.4, 0.5) is 0 Å². The number of rotatable bonds is 2. The van der Waals surface area contributed by atoms with Crippen LogP contribution >= 0.6 is 0 Å². The highest BCUT2D eigenvalue weighted by atomic mass is 16.5. The summed E-state index contributed by atoms with van der Waals surface area (Å²) in [6.07, 6.45) is 0. The maximum Gasteiger partial charge on any atom is 0.344 e. The standard InChI is InChI=1S/C21H16O3/c1-13-16-11-10-15(23-2)12-19(16)24-21(22)20(13)18-9-5-7-14-6-3-4-8-17(14)18/h3-12H,1-2H3. The number of hydrogen-bond acceptors (Lipinski definition) is 3. The first-order valence-corrected chi connectivity index (χ1v) is 7.78. The fourth-order valence-electron chi connectivity index (χ4n) is 3.22. The molecule has 24 heavy (non-hydrogen) atoms. The molecule has 0 amide bonds. The summed E-state index contributed by atoms with van der Waals surface area (Å²) in [5.74, 6) is 0.669. The van der Waals surface area contributed by atoms with Gasteiger partial charge in [0.15, 0.2) is 0 Å². The van der Waals surface area contributed by atoms with Crippen LogP contribution in [-0.4, -0.2) is 7.11 Å². The molecule has 3 heteroatoms. The molecular weight excluding hydrogens is 300 g/mol. The zero-order valence-corrected chi connectivity index (χ0v) is 13.5. The third kappa shape index (κ3) is 2.17. The van der Waals surface area contributed by atoms with Gasteiger partial charge in [0.2, 0.25) is 0 Å². The van der Waals surface area contributed by atoms with Crippen molar-refractivity contribution < 1.29 is 9.15 Å². The number of ether oxygens (including phenoxy) is 1. The molecule has 0 aliphatic carbocycles. The topological polar surface area (TPSA) is 39.4 Å². The predicted octanol–water partition coefficient (Wildman–Crippen LogP) is 4.93. The summed E-state index contributed by atoms with van der Waals surface area (Å²) in [7, 11) is 1.59. The van der Waals surface area contributed by atoms with Crippen molar-refractivity contribution in [2.75, 3.05) is 7.11 Å². The van der Waals surface area contributed by atoms with Crippen LogP contribution in [0, 0.1) is 6.92 Å². The average Bonchev–Trinajstić information content (AvgIpc) is 2.61. The fourth-order valence-corrected chi connectivity index (χ4v) is 3.22. The fraction of sp³-hybridized carbons (Fsp3) is 0.0952. The highest BCUT2D eigenvalue weighted by molar-refractivity contribution is 5.99. The smallest absolute Gasteiger partial charge is 0.344 e. The molecule has 0 radical (unpaired) electrons. The number of hydrogen-bond donors (Lipinski definition) is 0. The minimum atomic E-state index is -0.329. The van der Waals surface area contributed by atoms with E-state index < -0.39 is 0 Å². The van der Waals surface area contributed by atoms with Crippen LogP contribution in [0.15, 0.2) is 69.9 Å². The highest BCUT2D eigenvalue weighted by Crippen LogP contribution is 2.32. The SMILES string of the molecule is COc1ccc2c(C)c(-c3cccc4ccccc34)c(=O)oc2c1. The van der Waals surface area contributed by atoms with Gasteiger partial charge in [0.1, 0.15) is 11.3 Å². The van der Waals surface area contributed by atoms with Crippen molar-refractivity contribution in [3.05, 3.63) is 76.6 Å². The van der Waals surface area contributed by atoms with E-state index in [-0.39, 0.29) is 5.63 Å². The van der Waals surface area contributed by atoms with E-state index in [0.29, 0.717) is 16.9 Å². The summed E-state index contributed by atoms with van der Waals surface area (Å²) < 4.78 is 10.8. The summed E-state index contributed by atoms with van der Waals surface area (Å²) in [6.45, 7) is 1.96. The number of aryl methyl sites for hydroxylation is 1. The lowest BCUT2D eigenvalue weighted by atomic mass is 9.95. The Morgan fingerprint density at radius 2 is 1.71 bits per heavy atom. The van der Waals surface area contributed by atoms with Gasteiger partial charge in [-0.2, -0.15) is 0 Å². The van der Waals surface area contributed by atoms with Crippen molar-refractivity contribution in [3.63, 3.8) is 0 Å². The maximum atomic E-state index is 12.7. The van der Waals surface area contributed by atoms with E-state index in [2.05, 4.69) is 0 Å². The van der Waals surface area contributed by atoms with Gasteiger partial charge < -0.3 is 9.15 Å². The van der Waals surface area contributed by atoms with E-state index >= 15 is 0 Å². The second kappa shape index (κ2) is 5.53. The van der Waals surface area contributed by atoms with E-state index in [1.165, 1.54) is 0 Å². The summed E-state index contributed by atoms with van der Waals surface area (Å²) >= 11 is 0. The molecule has 0 atom stereocenters. The molecule has 0 N–H and O–H groups in total. The van der Waals surface area contributed by atoms with Crippen molar-refractivity contribution in [1.82, 2.24) is 0 Å². The second-order valence-electron chi connectivity index (χ2n) is 5.78. The van der Waals surface area contributed by atoms with Crippen molar-refractivity contribution in [2.45, 2.75) is 6.92 Å². The average molecular weight is 316 g/mol. The number of benzene rings is 3. The summed E-state index contributed by atoms with van der Waals surface area (Å²) in [5, 5.41) is 3.06. The molecule has 4 rings (SSSR count). The van der Waals surface area contributed by atoms with E-state index in [9.17, 15) is 4.79 Å². The minimum absolute atomic E-state index is 0.329.